The topological polar surface area (TPSA) is 84.6 Å². The molecule has 0 atom stereocenters. The molecule has 0 radical (unpaired) electrons. The van der Waals surface area contributed by atoms with Gasteiger partial charge in [0.05, 0.1) is 11.0 Å². The monoisotopic (exact) mass is 284 g/mol. The Kier molecular flexibility index (Phi) is 5.04. The lowest BCUT2D eigenvalue weighted by Gasteiger charge is -2.38. The van der Waals surface area contributed by atoms with Gasteiger partial charge in [0.25, 0.3) is 0 Å². The summed E-state index contributed by atoms with van der Waals surface area (Å²) in [6.45, 7) is 4.08. The Bertz CT molecular complexity index is 332. The van der Waals surface area contributed by atoms with Gasteiger partial charge in [-0.1, -0.05) is 6.92 Å². The highest BCUT2D eigenvalue weighted by Gasteiger charge is 2.40. The summed E-state index contributed by atoms with van der Waals surface area (Å²) >= 11 is 0. The van der Waals surface area contributed by atoms with Crippen LogP contribution in [0, 0.1) is 11.3 Å². The Morgan fingerprint density at radius 3 is 2.45 bits per heavy atom. The lowest BCUT2D eigenvalue weighted by molar-refractivity contribution is -0.137. The Morgan fingerprint density at radius 1 is 1.30 bits per heavy atom. The van der Waals surface area contributed by atoms with Crippen LogP contribution < -0.4 is 11.1 Å². The molecule has 0 aromatic rings. The minimum absolute atomic E-state index is 0.0182. The van der Waals surface area contributed by atoms with E-state index in [0.717, 1.165) is 25.7 Å². The fraction of sp³-hybridized carbons (Fsp3) is 0.933. The number of amides is 1. The molecule has 2 fully saturated rings. The van der Waals surface area contributed by atoms with Crippen LogP contribution in [-0.4, -0.2) is 42.9 Å². The molecule has 1 saturated heterocycles. The molecule has 1 heterocycles. The first-order valence-corrected chi connectivity index (χ1v) is 7.78. The van der Waals surface area contributed by atoms with Gasteiger partial charge in [-0.2, -0.15) is 0 Å². The second-order valence-electron chi connectivity index (χ2n) is 6.69. The predicted octanol–water partition coefficient (Wildman–Crippen LogP) is 0.799. The average molecular weight is 284 g/mol. The maximum absolute atomic E-state index is 12.4. The van der Waals surface area contributed by atoms with Crippen molar-refractivity contribution in [1.82, 2.24) is 5.32 Å². The quantitative estimate of drug-likeness (QED) is 0.713. The largest absolute Gasteiger partial charge is 0.388 e. The molecule has 2 aliphatic rings. The third-order valence-corrected chi connectivity index (χ3v) is 5.11. The predicted molar refractivity (Wildman–Crippen MR) is 77.1 cm³/mol. The van der Waals surface area contributed by atoms with E-state index in [-0.39, 0.29) is 5.91 Å². The van der Waals surface area contributed by atoms with Crippen LogP contribution >= 0.6 is 0 Å². The number of nitrogens with one attached hydrogen (secondary N) is 1. The molecule has 4 N–H and O–H groups in total. The second-order valence-corrected chi connectivity index (χ2v) is 6.69. The van der Waals surface area contributed by atoms with Crippen LogP contribution in [-0.2, 0) is 9.53 Å². The third kappa shape index (κ3) is 3.51. The van der Waals surface area contributed by atoms with Crippen molar-refractivity contribution in [1.29, 1.82) is 0 Å². The number of nitrogens with two attached hydrogens (primary N) is 1. The lowest BCUT2D eigenvalue weighted by Crippen LogP contribution is -2.53. The molecule has 0 unspecified atom stereocenters. The van der Waals surface area contributed by atoms with Crippen LogP contribution in [0.15, 0.2) is 0 Å². The summed E-state index contributed by atoms with van der Waals surface area (Å²) in [6, 6.07) is 0. The third-order valence-electron chi connectivity index (χ3n) is 5.11. The van der Waals surface area contributed by atoms with Crippen LogP contribution in [0.3, 0.4) is 0 Å². The maximum Gasteiger partial charge on any atom is 0.227 e. The highest BCUT2D eigenvalue weighted by molar-refractivity contribution is 5.83. The molecule has 0 aromatic heterocycles. The van der Waals surface area contributed by atoms with Crippen molar-refractivity contribution in [2.24, 2.45) is 17.1 Å². The summed E-state index contributed by atoms with van der Waals surface area (Å²) in [5.41, 5.74) is 4.58. The van der Waals surface area contributed by atoms with Crippen LogP contribution in [0.25, 0.3) is 0 Å². The Hall–Kier alpha value is -0.650. The number of hydrogen-bond acceptors (Lipinski definition) is 4. The van der Waals surface area contributed by atoms with E-state index in [4.69, 9.17) is 10.5 Å². The second kappa shape index (κ2) is 6.41. The molecule has 5 heteroatoms. The van der Waals surface area contributed by atoms with Gasteiger partial charge in [-0.25, -0.2) is 0 Å². The van der Waals surface area contributed by atoms with Gasteiger partial charge in [0.2, 0.25) is 5.91 Å². The first-order valence-electron chi connectivity index (χ1n) is 7.78. The molecule has 20 heavy (non-hydrogen) atoms. The highest BCUT2D eigenvalue weighted by Crippen LogP contribution is 2.33. The molecule has 1 aliphatic carbocycles. The summed E-state index contributed by atoms with van der Waals surface area (Å²) in [5, 5.41) is 13.5. The van der Waals surface area contributed by atoms with E-state index in [1.807, 2.05) is 0 Å². The Labute approximate surface area is 121 Å². The molecule has 1 aliphatic heterocycles. The number of rotatable bonds is 4. The molecular formula is C15H28N2O3. The van der Waals surface area contributed by atoms with Gasteiger partial charge in [0.15, 0.2) is 0 Å². The Morgan fingerprint density at radius 2 is 1.90 bits per heavy atom. The minimum atomic E-state index is -0.733. The van der Waals surface area contributed by atoms with E-state index in [1.54, 1.807) is 0 Å². The van der Waals surface area contributed by atoms with E-state index < -0.39 is 11.0 Å². The van der Waals surface area contributed by atoms with E-state index in [0.29, 0.717) is 45.1 Å². The van der Waals surface area contributed by atoms with Crippen LogP contribution in [0.2, 0.25) is 0 Å². The fourth-order valence-electron chi connectivity index (χ4n) is 3.19. The van der Waals surface area contributed by atoms with Crippen molar-refractivity contribution < 1.29 is 14.6 Å². The smallest absolute Gasteiger partial charge is 0.227 e. The number of carbonyl (C=O) groups excluding carboxylic acids is 1. The van der Waals surface area contributed by atoms with Crippen molar-refractivity contribution in [3.63, 3.8) is 0 Å². The van der Waals surface area contributed by atoms with Gasteiger partial charge in [-0.05, 0) is 44.4 Å². The SMILES string of the molecule is CC1CCC(O)(CNC(=O)C2(CN)CCOCC2)CC1. The average Bonchev–Trinajstić information content (AvgIpc) is 2.49. The zero-order valence-corrected chi connectivity index (χ0v) is 12.5. The summed E-state index contributed by atoms with van der Waals surface area (Å²) in [5.74, 6) is 0.659. The summed E-state index contributed by atoms with van der Waals surface area (Å²) < 4.78 is 5.32. The first kappa shape index (κ1) is 15.7. The zero-order chi connectivity index (χ0) is 14.6. The summed E-state index contributed by atoms with van der Waals surface area (Å²) in [6.07, 6.45) is 4.94. The van der Waals surface area contributed by atoms with E-state index in [9.17, 15) is 9.90 Å². The fourth-order valence-corrected chi connectivity index (χ4v) is 3.19. The van der Waals surface area contributed by atoms with Crippen molar-refractivity contribution in [2.45, 2.75) is 51.0 Å². The van der Waals surface area contributed by atoms with Crippen LogP contribution in [0.1, 0.15) is 45.4 Å². The number of hydrogen-bond donors (Lipinski definition) is 3. The van der Waals surface area contributed by atoms with Gasteiger partial charge in [0.1, 0.15) is 0 Å². The van der Waals surface area contributed by atoms with Crippen LogP contribution in [0.5, 0.6) is 0 Å². The van der Waals surface area contributed by atoms with Crippen molar-refractivity contribution >= 4 is 5.91 Å². The molecule has 1 saturated carbocycles. The van der Waals surface area contributed by atoms with Gasteiger partial charge in [-0.3, -0.25) is 4.79 Å². The van der Waals surface area contributed by atoms with Gasteiger partial charge in [0, 0.05) is 26.3 Å². The van der Waals surface area contributed by atoms with E-state index >= 15 is 0 Å². The highest BCUT2D eigenvalue weighted by atomic mass is 16.5. The number of ether oxygens (including phenoxy) is 1. The molecule has 2 rings (SSSR count). The van der Waals surface area contributed by atoms with E-state index in [1.165, 1.54) is 0 Å². The van der Waals surface area contributed by atoms with Gasteiger partial charge < -0.3 is 20.9 Å². The molecule has 116 valence electrons. The first-order chi connectivity index (χ1) is 9.50. The van der Waals surface area contributed by atoms with Crippen molar-refractivity contribution in [3.05, 3.63) is 0 Å². The summed E-state index contributed by atoms with van der Waals surface area (Å²) in [7, 11) is 0. The standard InChI is InChI=1S/C15H28N2O3/c1-12-2-4-15(19,5-3-12)11-17-13(18)14(10-16)6-8-20-9-7-14/h12,19H,2-11,16H2,1H3,(H,17,18). The minimum Gasteiger partial charge on any atom is -0.388 e. The lowest BCUT2D eigenvalue weighted by atomic mass is 9.77. The number of aliphatic hydroxyl groups is 1. The zero-order valence-electron chi connectivity index (χ0n) is 12.5. The molecule has 0 bridgehead atoms. The van der Waals surface area contributed by atoms with E-state index in [2.05, 4.69) is 12.2 Å². The molecule has 1 amide bonds. The van der Waals surface area contributed by atoms with Gasteiger partial charge >= 0.3 is 0 Å². The molecule has 5 nitrogen and oxygen atoms in total. The normalized spacial score (nSPS) is 33.6. The summed E-state index contributed by atoms with van der Waals surface area (Å²) in [4.78, 5) is 12.4. The van der Waals surface area contributed by atoms with Crippen molar-refractivity contribution in [2.75, 3.05) is 26.3 Å². The molecule has 0 aromatic carbocycles. The van der Waals surface area contributed by atoms with Gasteiger partial charge in [-0.15, -0.1) is 0 Å². The molecule has 0 spiro atoms. The Balaban J connectivity index is 1.87. The van der Waals surface area contributed by atoms with Crippen molar-refractivity contribution in [3.8, 4) is 0 Å². The molecular weight excluding hydrogens is 256 g/mol. The van der Waals surface area contributed by atoms with Crippen LogP contribution in [0.4, 0.5) is 0 Å². The number of carbonyl (C=O) groups is 1. The maximum atomic E-state index is 12.4.